The zero-order valence-corrected chi connectivity index (χ0v) is 21.5. The van der Waals surface area contributed by atoms with Gasteiger partial charge in [-0.2, -0.15) is 36.3 Å². The highest BCUT2D eigenvalue weighted by molar-refractivity contribution is 5.97. The third-order valence-electron chi connectivity index (χ3n) is 5.47. The van der Waals surface area contributed by atoms with E-state index in [2.05, 4.69) is 15.3 Å². The predicted octanol–water partition coefficient (Wildman–Crippen LogP) is 5.51. The topological polar surface area (TPSA) is 76.6 Å². The number of nitrogens with one attached hydrogen (secondary N) is 1. The number of alkyl halides is 6. The van der Waals surface area contributed by atoms with Gasteiger partial charge in [0.15, 0.2) is 0 Å². The molecule has 0 aliphatic carbocycles. The molecule has 1 heterocycles. The van der Waals surface area contributed by atoms with Crippen molar-refractivity contribution in [2.24, 2.45) is 0 Å². The van der Waals surface area contributed by atoms with Crippen LogP contribution in [0.5, 0.6) is 17.6 Å². The number of aromatic nitrogens is 2. The first-order chi connectivity index (χ1) is 18.2. The molecule has 7 nitrogen and oxygen atoms in total. The summed E-state index contributed by atoms with van der Waals surface area (Å²) in [5.41, 5.74) is -3.10. The van der Waals surface area contributed by atoms with Crippen LogP contribution >= 0.6 is 0 Å². The molecule has 39 heavy (non-hydrogen) atoms. The number of carbonyl (C=O) groups excluding carboxylic acids is 1. The molecular formula is C26H26F6N4O3. The van der Waals surface area contributed by atoms with Crippen molar-refractivity contribution in [3.05, 3.63) is 76.0 Å². The summed E-state index contributed by atoms with van der Waals surface area (Å²) in [5, 5.41) is 2.39. The van der Waals surface area contributed by atoms with E-state index in [1.54, 1.807) is 45.3 Å². The van der Waals surface area contributed by atoms with Gasteiger partial charge in [-0.1, -0.05) is 18.2 Å². The minimum atomic E-state index is -5.04. The number of halogens is 6. The quantitative estimate of drug-likeness (QED) is 0.351. The lowest BCUT2D eigenvalue weighted by Gasteiger charge is -2.18. The molecule has 1 amide bonds. The predicted molar refractivity (Wildman–Crippen MR) is 130 cm³/mol. The Kier molecular flexibility index (Phi) is 9.05. The minimum Gasteiger partial charge on any atom is -0.462 e. The number of hydrogen-bond acceptors (Lipinski definition) is 6. The average molecular weight is 557 g/mol. The van der Waals surface area contributed by atoms with Gasteiger partial charge in [0.1, 0.15) is 17.9 Å². The van der Waals surface area contributed by atoms with Crippen LogP contribution < -0.4 is 14.8 Å². The smallest absolute Gasteiger partial charge is 0.416 e. The van der Waals surface area contributed by atoms with Gasteiger partial charge in [0.05, 0.1) is 16.8 Å². The van der Waals surface area contributed by atoms with Crippen LogP contribution in [0.15, 0.2) is 42.5 Å². The third-order valence-corrected chi connectivity index (χ3v) is 5.47. The Bertz CT molecular complexity index is 1290. The number of rotatable bonds is 9. The van der Waals surface area contributed by atoms with Crippen LogP contribution in [0.3, 0.4) is 0 Å². The molecule has 0 spiro atoms. The van der Waals surface area contributed by atoms with Gasteiger partial charge in [-0.25, -0.2) is 0 Å². The average Bonchev–Trinajstić information content (AvgIpc) is 2.83. The fraction of sp³-hybridized carbons (Fsp3) is 0.346. The van der Waals surface area contributed by atoms with E-state index in [1.165, 1.54) is 7.05 Å². The van der Waals surface area contributed by atoms with E-state index in [4.69, 9.17) is 9.47 Å². The Morgan fingerprint density at radius 3 is 2.13 bits per heavy atom. The number of hydrogen-bond donors (Lipinski definition) is 1. The van der Waals surface area contributed by atoms with E-state index in [-0.39, 0.29) is 41.4 Å². The van der Waals surface area contributed by atoms with Crippen molar-refractivity contribution in [1.29, 1.82) is 0 Å². The van der Waals surface area contributed by atoms with Crippen LogP contribution in [0, 0.1) is 6.92 Å². The molecule has 0 aliphatic rings. The highest BCUT2D eigenvalue weighted by Crippen LogP contribution is 2.37. The molecule has 0 fully saturated rings. The summed E-state index contributed by atoms with van der Waals surface area (Å²) in [6.45, 7) is 2.30. The van der Waals surface area contributed by atoms with E-state index >= 15 is 0 Å². The van der Waals surface area contributed by atoms with Gasteiger partial charge in [0, 0.05) is 20.0 Å². The third kappa shape index (κ3) is 7.82. The van der Waals surface area contributed by atoms with Crippen molar-refractivity contribution in [3.8, 4) is 17.6 Å². The van der Waals surface area contributed by atoms with Gasteiger partial charge in [0.2, 0.25) is 5.88 Å². The van der Waals surface area contributed by atoms with Crippen LogP contribution in [0.25, 0.3) is 0 Å². The van der Waals surface area contributed by atoms with Crippen LogP contribution in [0.4, 0.5) is 26.3 Å². The Balaban J connectivity index is 2.19. The monoisotopic (exact) mass is 556 g/mol. The molecule has 3 aromatic rings. The molecule has 0 bridgehead atoms. The van der Waals surface area contributed by atoms with Gasteiger partial charge in [-0.05, 0) is 56.4 Å². The Morgan fingerprint density at radius 2 is 1.59 bits per heavy atom. The first-order valence-corrected chi connectivity index (χ1v) is 11.6. The van der Waals surface area contributed by atoms with E-state index in [0.717, 1.165) is 0 Å². The molecule has 0 saturated carbocycles. The van der Waals surface area contributed by atoms with E-state index in [1.807, 2.05) is 4.90 Å². The Morgan fingerprint density at radius 1 is 0.974 bits per heavy atom. The lowest BCUT2D eigenvalue weighted by molar-refractivity contribution is -0.143. The fourth-order valence-corrected chi connectivity index (χ4v) is 3.49. The number of para-hydroxylation sites is 1. The van der Waals surface area contributed by atoms with Crippen LogP contribution in [0.1, 0.15) is 38.3 Å². The molecule has 1 N–H and O–H groups in total. The van der Waals surface area contributed by atoms with Gasteiger partial charge in [0.25, 0.3) is 5.91 Å². The molecule has 0 radical (unpaired) electrons. The zero-order valence-electron chi connectivity index (χ0n) is 21.5. The van der Waals surface area contributed by atoms with Crippen molar-refractivity contribution < 1.29 is 40.6 Å². The second-order valence-electron chi connectivity index (χ2n) is 8.82. The molecule has 0 saturated heterocycles. The van der Waals surface area contributed by atoms with Crippen molar-refractivity contribution in [2.45, 2.75) is 25.7 Å². The molecule has 3 rings (SSSR count). The summed E-state index contributed by atoms with van der Waals surface area (Å²) in [6, 6.07) is 7.73. The number of ether oxygens (including phenoxy) is 2. The number of benzene rings is 2. The highest BCUT2D eigenvalue weighted by Gasteiger charge is 2.37. The van der Waals surface area contributed by atoms with Crippen LogP contribution in [-0.4, -0.2) is 55.1 Å². The standard InChI is InChI=1S/C26H26F6N4O3/c1-15-7-5-6-8-20(15)39-23-21(22(37)33-2)19(34-24(35-23)38-10-9-36(3)4)13-16-11-17(25(27,28)29)14-18(12-16)26(30,31)32/h5-8,11-12,14H,9-10,13H2,1-4H3,(H,33,37). The molecule has 0 unspecified atom stereocenters. The highest BCUT2D eigenvalue weighted by atomic mass is 19.4. The van der Waals surface area contributed by atoms with Gasteiger partial charge >= 0.3 is 18.4 Å². The SMILES string of the molecule is CNC(=O)c1c(Cc2cc(C(F)(F)F)cc(C(F)(F)F)c2)nc(OCCN(C)C)nc1Oc1ccccc1C. The maximum absolute atomic E-state index is 13.4. The maximum atomic E-state index is 13.4. The van der Waals surface area contributed by atoms with Crippen molar-refractivity contribution in [1.82, 2.24) is 20.2 Å². The maximum Gasteiger partial charge on any atom is 0.416 e. The second-order valence-corrected chi connectivity index (χ2v) is 8.82. The lowest BCUT2D eigenvalue weighted by atomic mass is 9.99. The van der Waals surface area contributed by atoms with E-state index in [9.17, 15) is 31.1 Å². The normalized spacial score (nSPS) is 12.0. The van der Waals surface area contributed by atoms with Crippen LogP contribution in [-0.2, 0) is 18.8 Å². The van der Waals surface area contributed by atoms with Gasteiger partial charge in [-0.3, -0.25) is 4.79 Å². The molecule has 0 atom stereocenters. The summed E-state index contributed by atoms with van der Waals surface area (Å²) in [6.07, 6.45) is -10.7. The fourth-order valence-electron chi connectivity index (χ4n) is 3.49. The number of carbonyl (C=O) groups is 1. The van der Waals surface area contributed by atoms with Crippen molar-refractivity contribution in [3.63, 3.8) is 0 Å². The molecule has 13 heteroatoms. The lowest BCUT2D eigenvalue weighted by Crippen LogP contribution is -2.24. The molecule has 2 aromatic carbocycles. The summed E-state index contributed by atoms with van der Waals surface area (Å²) < 4.78 is 92.2. The van der Waals surface area contributed by atoms with Gasteiger partial charge < -0.3 is 19.7 Å². The second kappa shape index (κ2) is 11.9. The molecule has 1 aromatic heterocycles. The number of nitrogens with zero attached hydrogens (tertiary/aromatic N) is 3. The number of likely N-dealkylation sites (N-methyl/N-ethyl adjacent to an activating group) is 1. The largest absolute Gasteiger partial charge is 0.462 e. The minimum absolute atomic E-state index is 0.0334. The first kappa shape index (κ1) is 29.7. The number of aryl methyl sites for hydroxylation is 1. The first-order valence-electron chi connectivity index (χ1n) is 11.6. The summed E-state index contributed by atoms with van der Waals surface area (Å²) in [7, 11) is 4.89. The summed E-state index contributed by atoms with van der Waals surface area (Å²) in [5.74, 6) is -0.696. The zero-order chi connectivity index (χ0) is 29.0. The van der Waals surface area contributed by atoms with Crippen molar-refractivity contribution >= 4 is 5.91 Å². The Hall–Kier alpha value is -3.87. The molecular weight excluding hydrogens is 530 g/mol. The summed E-state index contributed by atoms with van der Waals surface area (Å²) in [4.78, 5) is 23.1. The number of amides is 1. The van der Waals surface area contributed by atoms with Crippen LogP contribution in [0.2, 0.25) is 0 Å². The Labute approximate surface area is 220 Å². The molecule has 210 valence electrons. The van der Waals surface area contributed by atoms with Gasteiger partial charge in [-0.15, -0.1) is 0 Å². The van der Waals surface area contributed by atoms with E-state index < -0.39 is 35.8 Å². The van der Waals surface area contributed by atoms with E-state index in [0.29, 0.717) is 30.0 Å². The molecule has 0 aliphatic heterocycles. The summed E-state index contributed by atoms with van der Waals surface area (Å²) >= 11 is 0. The van der Waals surface area contributed by atoms with Crippen molar-refractivity contribution in [2.75, 3.05) is 34.3 Å².